The summed E-state index contributed by atoms with van der Waals surface area (Å²) in [5.74, 6) is -0.0208. The van der Waals surface area contributed by atoms with E-state index in [9.17, 15) is 8.42 Å². The fourth-order valence-corrected chi connectivity index (χ4v) is 2.55. The molecule has 0 aliphatic rings. The van der Waals surface area contributed by atoms with Gasteiger partial charge in [0.15, 0.2) is 0 Å². The topological polar surface area (TPSA) is 109 Å². The molecule has 0 radical (unpaired) electrons. The molecule has 0 aliphatic carbocycles. The maximum absolute atomic E-state index is 12.0. The minimum atomic E-state index is -3.56. The second-order valence-electron chi connectivity index (χ2n) is 4.12. The van der Waals surface area contributed by atoms with E-state index in [-0.39, 0.29) is 17.3 Å². The minimum Gasteiger partial charge on any atom is -0.384 e. The van der Waals surface area contributed by atoms with Gasteiger partial charge in [-0.3, -0.25) is 10.4 Å². The Kier molecular flexibility index (Phi) is 4.11. The van der Waals surface area contributed by atoms with Crippen LogP contribution in [0.2, 0.25) is 0 Å². The van der Waals surface area contributed by atoms with E-state index in [0.717, 1.165) is 5.56 Å². The van der Waals surface area contributed by atoms with E-state index in [1.807, 2.05) is 0 Å². The number of aromatic nitrogens is 1. The van der Waals surface area contributed by atoms with Crippen molar-refractivity contribution >= 4 is 15.9 Å². The molecule has 20 heavy (non-hydrogen) atoms. The number of nitrogens with two attached hydrogens (primary N) is 1. The standard InChI is InChI=1S/C13H14N4O2S/c14-13(15)11-5-3-10(4-6-11)8-17-20(18,19)12-2-1-7-16-9-12/h1-7,9,17H,8H2,(H3,14,15). The van der Waals surface area contributed by atoms with Crippen LogP contribution in [0.4, 0.5) is 0 Å². The molecule has 0 unspecified atom stereocenters. The molecule has 0 spiro atoms. The third-order valence-electron chi connectivity index (χ3n) is 2.68. The summed E-state index contributed by atoms with van der Waals surface area (Å²) in [6.07, 6.45) is 2.81. The Hall–Kier alpha value is -2.25. The van der Waals surface area contributed by atoms with Crippen LogP contribution in [0.3, 0.4) is 0 Å². The number of nitrogens with zero attached hydrogens (tertiary/aromatic N) is 1. The van der Waals surface area contributed by atoms with Crippen molar-refractivity contribution in [2.24, 2.45) is 5.73 Å². The van der Waals surface area contributed by atoms with Crippen molar-refractivity contribution in [3.05, 3.63) is 59.9 Å². The fraction of sp³-hybridized carbons (Fsp3) is 0.0769. The van der Waals surface area contributed by atoms with E-state index in [4.69, 9.17) is 11.1 Å². The lowest BCUT2D eigenvalue weighted by atomic mass is 10.1. The smallest absolute Gasteiger partial charge is 0.242 e. The number of hydrogen-bond acceptors (Lipinski definition) is 4. The number of nitrogen functional groups attached to an aromatic ring is 1. The van der Waals surface area contributed by atoms with Crippen LogP contribution in [0.1, 0.15) is 11.1 Å². The Bertz CT molecular complexity index is 697. The Morgan fingerprint density at radius 3 is 2.50 bits per heavy atom. The highest BCUT2D eigenvalue weighted by molar-refractivity contribution is 7.89. The molecule has 1 heterocycles. The van der Waals surface area contributed by atoms with Crippen LogP contribution in [0.15, 0.2) is 53.7 Å². The van der Waals surface area contributed by atoms with Gasteiger partial charge in [0.25, 0.3) is 0 Å². The lowest BCUT2D eigenvalue weighted by molar-refractivity contribution is 0.581. The number of pyridine rings is 1. The molecule has 0 saturated heterocycles. The number of amidine groups is 1. The molecule has 0 amide bonds. The van der Waals surface area contributed by atoms with Gasteiger partial charge in [-0.2, -0.15) is 0 Å². The zero-order valence-electron chi connectivity index (χ0n) is 10.6. The summed E-state index contributed by atoms with van der Waals surface area (Å²) in [5, 5.41) is 7.28. The lowest BCUT2D eigenvalue weighted by Crippen LogP contribution is -2.23. The van der Waals surface area contributed by atoms with E-state index in [0.29, 0.717) is 5.56 Å². The molecule has 0 atom stereocenters. The molecule has 0 saturated carbocycles. The van der Waals surface area contributed by atoms with Crippen LogP contribution in [0.25, 0.3) is 0 Å². The number of hydrogen-bond donors (Lipinski definition) is 3. The van der Waals surface area contributed by atoms with Crippen molar-refractivity contribution in [2.45, 2.75) is 11.4 Å². The van der Waals surface area contributed by atoms with Crippen LogP contribution in [-0.4, -0.2) is 19.2 Å². The fourth-order valence-electron chi connectivity index (χ4n) is 1.57. The van der Waals surface area contributed by atoms with Crippen LogP contribution >= 0.6 is 0 Å². The Morgan fingerprint density at radius 1 is 1.25 bits per heavy atom. The van der Waals surface area contributed by atoms with Gasteiger partial charge in [0.2, 0.25) is 10.0 Å². The highest BCUT2D eigenvalue weighted by atomic mass is 32.2. The van der Waals surface area contributed by atoms with Crippen LogP contribution in [0, 0.1) is 5.41 Å². The molecule has 0 bridgehead atoms. The van der Waals surface area contributed by atoms with E-state index < -0.39 is 10.0 Å². The van der Waals surface area contributed by atoms with Crippen LogP contribution in [0.5, 0.6) is 0 Å². The van der Waals surface area contributed by atoms with Crippen molar-refractivity contribution in [3.8, 4) is 0 Å². The summed E-state index contributed by atoms with van der Waals surface area (Å²) in [4.78, 5) is 3.91. The van der Waals surface area contributed by atoms with Gasteiger partial charge in [0.1, 0.15) is 10.7 Å². The molecule has 0 fully saturated rings. The van der Waals surface area contributed by atoms with E-state index in [1.54, 1.807) is 30.3 Å². The summed E-state index contributed by atoms with van der Waals surface area (Å²) < 4.78 is 26.4. The predicted molar refractivity (Wildman–Crippen MR) is 75.7 cm³/mol. The highest BCUT2D eigenvalue weighted by Gasteiger charge is 2.13. The monoisotopic (exact) mass is 290 g/mol. The molecule has 7 heteroatoms. The SMILES string of the molecule is N=C(N)c1ccc(CNS(=O)(=O)c2cccnc2)cc1. The zero-order valence-corrected chi connectivity index (χ0v) is 11.4. The Balaban J connectivity index is 2.07. The molecular formula is C13H14N4O2S. The van der Waals surface area contributed by atoms with Crippen molar-refractivity contribution in [2.75, 3.05) is 0 Å². The average Bonchev–Trinajstić information content (AvgIpc) is 2.46. The van der Waals surface area contributed by atoms with Gasteiger partial charge < -0.3 is 5.73 Å². The van der Waals surface area contributed by atoms with Gasteiger partial charge in [-0.05, 0) is 17.7 Å². The van der Waals surface area contributed by atoms with Gasteiger partial charge in [-0.1, -0.05) is 24.3 Å². The summed E-state index contributed by atoms with van der Waals surface area (Å²) in [7, 11) is -3.56. The number of sulfonamides is 1. The van der Waals surface area contributed by atoms with E-state index in [2.05, 4.69) is 9.71 Å². The summed E-state index contributed by atoms with van der Waals surface area (Å²) in [6, 6.07) is 9.85. The second-order valence-corrected chi connectivity index (χ2v) is 5.89. The molecule has 1 aromatic carbocycles. The first kappa shape index (κ1) is 14.2. The molecule has 1 aromatic heterocycles. The van der Waals surface area contributed by atoms with Gasteiger partial charge in [-0.25, -0.2) is 13.1 Å². The van der Waals surface area contributed by atoms with Crippen LogP contribution < -0.4 is 10.5 Å². The molecule has 6 nitrogen and oxygen atoms in total. The highest BCUT2D eigenvalue weighted by Crippen LogP contribution is 2.08. The van der Waals surface area contributed by atoms with Crippen LogP contribution in [-0.2, 0) is 16.6 Å². The van der Waals surface area contributed by atoms with Gasteiger partial charge in [0.05, 0.1) is 0 Å². The van der Waals surface area contributed by atoms with Gasteiger partial charge in [0, 0.05) is 24.5 Å². The first-order valence-corrected chi connectivity index (χ1v) is 7.30. The number of benzene rings is 1. The minimum absolute atomic E-state index is 0.0208. The first-order valence-electron chi connectivity index (χ1n) is 5.82. The number of rotatable bonds is 5. The predicted octanol–water partition coefficient (Wildman–Crippen LogP) is 0.844. The summed E-state index contributed by atoms with van der Waals surface area (Å²) in [5.41, 5.74) is 6.73. The quantitative estimate of drug-likeness (QED) is 0.560. The second kappa shape index (κ2) is 5.81. The molecule has 104 valence electrons. The normalized spacial score (nSPS) is 11.2. The lowest BCUT2D eigenvalue weighted by Gasteiger charge is -2.07. The molecular weight excluding hydrogens is 276 g/mol. The summed E-state index contributed by atoms with van der Waals surface area (Å²) in [6.45, 7) is 0.162. The van der Waals surface area contributed by atoms with Crippen molar-refractivity contribution in [1.29, 1.82) is 5.41 Å². The van der Waals surface area contributed by atoms with Gasteiger partial charge >= 0.3 is 0 Å². The molecule has 2 rings (SSSR count). The number of nitrogens with one attached hydrogen (secondary N) is 2. The maximum atomic E-state index is 12.0. The first-order chi connectivity index (χ1) is 9.49. The Morgan fingerprint density at radius 2 is 1.95 bits per heavy atom. The zero-order chi connectivity index (χ0) is 14.6. The van der Waals surface area contributed by atoms with Gasteiger partial charge in [-0.15, -0.1) is 0 Å². The molecule has 4 N–H and O–H groups in total. The molecule has 2 aromatic rings. The van der Waals surface area contributed by atoms with E-state index in [1.165, 1.54) is 18.5 Å². The average molecular weight is 290 g/mol. The largest absolute Gasteiger partial charge is 0.384 e. The molecule has 0 aliphatic heterocycles. The van der Waals surface area contributed by atoms with E-state index >= 15 is 0 Å². The third kappa shape index (κ3) is 3.40. The van der Waals surface area contributed by atoms with Crippen molar-refractivity contribution in [3.63, 3.8) is 0 Å². The van der Waals surface area contributed by atoms with Crippen molar-refractivity contribution < 1.29 is 8.42 Å². The maximum Gasteiger partial charge on any atom is 0.242 e. The Labute approximate surface area is 117 Å². The van der Waals surface area contributed by atoms with Crippen molar-refractivity contribution in [1.82, 2.24) is 9.71 Å². The third-order valence-corrected chi connectivity index (χ3v) is 4.06. The summed E-state index contributed by atoms with van der Waals surface area (Å²) >= 11 is 0.